The molecule has 0 fully saturated rings. The molecule has 114 valence electrons. The molecule has 0 atom stereocenters. The molecule has 1 aromatic carbocycles. The second-order valence-electron chi connectivity index (χ2n) is 5.55. The maximum atomic E-state index is 12.0. The van der Waals surface area contributed by atoms with E-state index in [1.165, 1.54) is 16.7 Å². The normalized spacial score (nSPS) is 12.0. The van der Waals surface area contributed by atoms with Gasteiger partial charge in [0.15, 0.2) is 5.58 Å². The zero-order valence-electron chi connectivity index (χ0n) is 12.6. The van der Waals surface area contributed by atoms with Gasteiger partial charge in [0.25, 0.3) is 5.69 Å². The van der Waals surface area contributed by atoms with E-state index in [4.69, 9.17) is 4.42 Å². The van der Waals surface area contributed by atoms with Gasteiger partial charge in [-0.1, -0.05) is 0 Å². The minimum atomic E-state index is -0.509. The van der Waals surface area contributed by atoms with E-state index in [9.17, 15) is 14.9 Å². The van der Waals surface area contributed by atoms with Gasteiger partial charge < -0.3 is 4.42 Å². The second-order valence-corrected chi connectivity index (χ2v) is 5.55. The molecule has 0 spiro atoms. The molecule has 0 unspecified atom stereocenters. The first-order valence-electron chi connectivity index (χ1n) is 6.84. The lowest BCUT2D eigenvalue weighted by Gasteiger charge is -2.30. The molecule has 21 heavy (non-hydrogen) atoms. The fraction of sp³-hybridized carbons (Fsp3) is 0.500. The molecule has 7 heteroatoms. The molecule has 7 nitrogen and oxygen atoms in total. The largest absolute Gasteiger partial charge is 0.421 e. The zero-order valence-corrected chi connectivity index (χ0v) is 12.6. The lowest BCUT2D eigenvalue weighted by Crippen LogP contribution is -2.40. The van der Waals surface area contributed by atoms with Crippen molar-refractivity contribution < 1.29 is 9.34 Å². The first kappa shape index (κ1) is 15.2. The summed E-state index contributed by atoms with van der Waals surface area (Å²) in [6, 6.07) is 4.74. The van der Waals surface area contributed by atoms with Crippen LogP contribution in [0.4, 0.5) is 5.69 Å². The standard InChI is InChI=1S/C14H19N3O4/c1-9(2)15(10(3)4)8-16-12-6-5-11(17(19)20)7-13(12)21-14(16)18/h5-7,9-10H,8H2,1-4H3. The topological polar surface area (TPSA) is 81.5 Å². The van der Waals surface area contributed by atoms with Gasteiger partial charge in [-0.3, -0.25) is 19.6 Å². The molecule has 0 radical (unpaired) electrons. The van der Waals surface area contributed by atoms with E-state index in [2.05, 4.69) is 32.6 Å². The molecule has 0 amide bonds. The Labute approximate surface area is 121 Å². The average molecular weight is 293 g/mol. The SMILES string of the molecule is CC(C)N(Cn1c(=O)oc2cc([N+](=O)[O-])ccc21)C(C)C. The molecule has 0 saturated carbocycles. The molecule has 2 aromatic rings. The number of hydrogen-bond donors (Lipinski definition) is 0. The summed E-state index contributed by atoms with van der Waals surface area (Å²) in [5.41, 5.74) is 0.714. The summed E-state index contributed by atoms with van der Waals surface area (Å²) < 4.78 is 6.63. The Morgan fingerprint density at radius 2 is 1.90 bits per heavy atom. The van der Waals surface area contributed by atoms with Gasteiger partial charge in [-0.15, -0.1) is 0 Å². The van der Waals surface area contributed by atoms with Crippen LogP contribution in [0.3, 0.4) is 0 Å². The van der Waals surface area contributed by atoms with Crippen LogP contribution in [0.25, 0.3) is 11.1 Å². The molecule has 0 bridgehead atoms. The molecule has 1 aromatic heterocycles. The van der Waals surface area contributed by atoms with Crippen LogP contribution in [0.5, 0.6) is 0 Å². The third-order valence-corrected chi connectivity index (χ3v) is 3.49. The molecule has 0 N–H and O–H groups in total. The van der Waals surface area contributed by atoms with Crippen molar-refractivity contribution in [3.05, 3.63) is 38.9 Å². The predicted octanol–water partition coefficient (Wildman–Crippen LogP) is 2.58. The summed E-state index contributed by atoms with van der Waals surface area (Å²) in [5, 5.41) is 10.8. The van der Waals surface area contributed by atoms with Crippen LogP contribution in [0.2, 0.25) is 0 Å². The van der Waals surface area contributed by atoms with Gasteiger partial charge in [-0.05, 0) is 33.8 Å². The monoisotopic (exact) mass is 293 g/mol. The van der Waals surface area contributed by atoms with Crippen molar-refractivity contribution in [1.82, 2.24) is 9.47 Å². The highest BCUT2D eigenvalue weighted by Crippen LogP contribution is 2.20. The third-order valence-electron chi connectivity index (χ3n) is 3.49. The highest BCUT2D eigenvalue weighted by atomic mass is 16.6. The summed E-state index contributed by atoms with van der Waals surface area (Å²) >= 11 is 0. The van der Waals surface area contributed by atoms with Gasteiger partial charge in [0.2, 0.25) is 0 Å². The van der Waals surface area contributed by atoms with E-state index in [1.807, 2.05) is 0 Å². The fourth-order valence-corrected chi connectivity index (χ4v) is 2.39. The average Bonchev–Trinajstić information content (AvgIpc) is 2.69. The minimum Gasteiger partial charge on any atom is -0.407 e. The highest BCUT2D eigenvalue weighted by molar-refractivity contribution is 5.75. The summed E-state index contributed by atoms with van der Waals surface area (Å²) in [6.45, 7) is 8.60. The van der Waals surface area contributed by atoms with Crippen molar-refractivity contribution in [2.75, 3.05) is 0 Å². The molecule has 0 aliphatic rings. The van der Waals surface area contributed by atoms with E-state index >= 15 is 0 Å². The molecule has 0 aliphatic carbocycles. The molecular formula is C14H19N3O4. The van der Waals surface area contributed by atoms with Crippen LogP contribution in [-0.4, -0.2) is 26.5 Å². The van der Waals surface area contributed by atoms with Crippen LogP contribution in [0, 0.1) is 10.1 Å². The fourth-order valence-electron chi connectivity index (χ4n) is 2.39. The number of non-ortho nitro benzene ring substituents is 1. The number of hydrogen-bond acceptors (Lipinski definition) is 5. The lowest BCUT2D eigenvalue weighted by molar-refractivity contribution is -0.384. The van der Waals surface area contributed by atoms with Crippen LogP contribution >= 0.6 is 0 Å². The van der Waals surface area contributed by atoms with Crippen molar-refractivity contribution in [3.8, 4) is 0 Å². The van der Waals surface area contributed by atoms with Crippen LogP contribution < -0.4 is 5.76 Å². The van der Waals surface area contributed by atoms with Crippen molar-refractivity contribution >= 4 is 16.8 Å². The zero-order chi connectivity index (χ0) is 15.7. The Hall–Kier alpha value is -2.15. The first-order valence-corrected chi connectivity index (χ1v) is 6.84. The van der Waals surface area contributed by atoms with E-state index in [-0.39, 0.29) is 23.4 Å². The summed E-state index contributed by atoms with van der Waals surface area (Å²) in [6.07, 6.45) is 0. The lowest BCUT2D eigenvalue weighted by atomic mass is 10.2. The summed E-state index contributed by atoms with van der Waals surface area (Å²) in [4.78, 5) is 24.4. The van der Waals surface area contributed by atoms with E-state index in [0.717, 1.165) is 0 Å². The Morgan fingerprint density at radius 3 is 2.43 bits per heavy atom. The van der Waals surface area contributed by atoms with Gasteiger partial charge in [0.1, 0.15) is 0 Å². The predicted molar refractivity (Wildman–Crippen MR) is 79.2 cm³/mol. The molecule has 2 rings (SSSR count). The minimum absolute atomic E-state index is 0.0898. The number of oxazole rings is 1. The number of benzene rings is 1. The quantitative estimate of drug-likeness (QED) is 0.625. The Balaban J connectivity index is 2.47. The van der Waals surface area contributed by atoms with Gasteiger partial charge >= 0.3 is 5.76 Å². The molecule has 0 saturated heterocycles. The van der Waals surface area contributed by atoms with Crippen LogP contribution in [-0.2, 0) is 6.67 Å². The van der Waals surface area contributed by atoms with Gasteiger partial charge in [0.05, 0.1) is 23.2 Å². The van der Waals surface area contributed by atoms with Gasteiger partial charge in [-0.2, -0.15) is 0 Å². The van der Waals surface area contributed by atoms with E-state index < -0.39 is 10.7 Å². The van der Waals surface area contributed by atoms with Gasteiger partial charge in [-0.25, -0.2) is 4.79 Å². The van der Waals surface area contributed by atoms with Crippen molar-refractivity contribution in [1.29, 1.82) is 0 Å². The number of nitro benzene ring substituents is 1. The summed E-state index contributed by atoms with van der Waals surface area (Å²) in [5.74, 6) is -0.503. The Bertz CT molecular complexity index is 707. The Morgan fingerprint density at radius 1 is 1.29 bits per heavy atom. The van der Waals surface area contributed by atoms with Crippen LogP contribution in [0.15, 0.2) is 27.4 Å². The molecule has 0 aliphatic heterocycles. The summed E-state index contributed by atoms with van der Waals surface area (Å²) in [7, 11) is 0. The van der Waals surface area contributed by atoms with E-state index in [1.54, 1.807) is 6.07 Å². The maximum Gasteiger partial charge on any atom is 0.421 e. The van der Waals surface area contributed by atoms with Crippen LogP contribution in [0.1, 0.15) is 27.7 Å². The van der Waals surface area contributed by atoms with Gasteiger partial charge in [0, 0.05) is 18.2 Å². The first-order chi connectivity index (χ1) is 9.81. The second kappa shape index (κ2) is 5.69. The van der Waals surface area contributed by atoms with Crippen molar-refractivity contribution in [2.45, 2.75) is 46.4 Å². The number of fused-ring (bicyclic) bond motifs is 1. The molecular weight excluding hydrogens is 274 g/mol. The third kappa shape index (κ3) is 2.97. The highest BCUT2D eigenvalue weighted by Gasteiger charge is 2.19. The Kier molecular flexibility index (Phi) is 4.13. The number of nitro groups is 1. The maximum absolute atomic E-state index is 12.0. The number of rotatable bonds is 5. The van der Waals surface area contributed by atoms with Crippen molar-refractivity contribution in [3.63, 3.8) is 0 Å². The smallest absolute Gasteiger partial charge is 0.407 e. The van der Waals surface area contributed by atoms with Crippen molar-refractivity contribution in [2.24, 2.45) is 0 Å². The molecule has 1 heterocycles. The number of nitrogens with zero attached hydrogens (tertiary/aromatic N) is 3. The van der Waals surface area contributed by atoms with E-state index in [0.29, 0.717) is 12.2 Å². The number of aromatic nitrogens is 1.